The van der Waals surface area contributed by atoms with E-state index in [0.29, 0.717) is 24.2 Å². The SMILES string of the molecule is COC(=O)c1ccc(C)c(NC(=O)C2Cc3ccccc3CN2)c1. The molecule has 0 radical (unpaired) electrons. The molecule has 3 rings (SSSR count). The van der Waals surface area contributed by atoms with Gasteiger partial charge in [0.05, 0.1) is 18.7 Å². The van der Waals surface area contributed by atoms with Gasteiger partial charge in [0.15, 0.2) is 0 Å². The Hall–Kier alpha value is -2.66. The van der Waals surface area contributed by atoms with Gasteiger partial charge in [-0.05, 0) is 42.2 Å². The molecular weight excluding hydrogens is 304 g/mol. The van der Waals surface area contributed by atoms with Crippen LogP contribution >= 0.6 is 0 Å². The van der Waals surface area contributed by atoms with E-state index in [1.54, 1.807) is 18.2 Å². The van der Waals surface area contributed by atoms with Gasteiger partial charge in [-0.2, -0.15) is 0 Å². The predicted molar refractivity (Wildman–Crippen MR) is 91.9 cm³/mol. The van der Waals surface area contributed by atoms with Crippen LogP contribution in [0.2, 0.25) is 0 Å². The van der Waals surface area contributed by atoms with E-state index in [9.17, 15) is 9.59 Å². The number of aryl methyl sites for hydroxylation is 1. The van der Waals surface area contributed by atoms with Crippen LogP contribution in [0.4, 0.5) is 5.69 Å². The molecular formula is C19H20N2O3. The third kappa shape index (κ3) is 3.31. The molecule has 1 aliphatic heterocycles. The summed E-state index contributed by atoms with van der Waals surface area (Å²) in [7, 11) is 1.34. The number of carbonyl (C=O) groups is 2. The Balaban J connectivity index is 1.75. The normalized spacial score (nSPS) is 16.2. The first-order valence-corrected chi connectivity index (χ1v) is 7.88. The van der Waals surface area contributed by atoms with Gasteiger partial charge in [-0.15, -0.1) is 0 Å². The number of nitrogens with one attached hydrogen (secondary N) is 2. The number of anilines is 1. The fourth-order valence-corrected chi connectivity index (χ4v) is 2.86. The third-order valence-corrected chi connectivity index (χ3v) is 4.31. The lowest BCUT2D eigenvalue weighted by atomic mass is 9.95. The first-order valence-electron chi connectivity index (χ1n) is 7.88. The van der Waals surface area contributed by atoms with Gasteiger partial charge in [0.2, 0.25) is 5.91 Å². The standard InChI is InChI=1S/C19H20N2O3/c1-12-7-8-14(19(23)24-2)10-16(12)21-18(22)17-9-13-5-3-4-6-15(13)11-20-17/h3-8,10,17,20H,9,11H2,1-2H3,(H,21,22). The Bertz CT molecular complexity index is 786. The minimum absolute atomic E-state index is 0.102. The van der Waals surface area contributed by atoms with Crippen molar-refractivity contribution in [3.05, 3.63) is 64.7 Å². The van der Waals surface area contributed by atoms with Gasteiger partial charge >= 0.3 is 5.97 Å². The van der Waals surface area contributed by atoms with E-state index in [1.807, 2.05) is 19.1 Å². The number of benzene rings is 2. The highest BCUT2D eigenvalue weighted by atomic mass is 16.5. The maximum Gasteiger partial charge on any atom is 0.337 e. The van der Waals surface area contributed by atoms with Crippen molar-refractivity contribution in [2.24, 2.45) is 0 Å². The molecule has 0 fully saturated rings. The molecule has 5 heteroatoms. The lowest BCUT2D eigenvalue weighted by Crippen LogP contribution is -2.44. The fourth-order valence-electron chi connectivity index (χ4n) is 2.86. The number of ether oxygens (including phenoxy) is 1. The maximum absolute atomic E-state index is 12.6. The second kappa shape index (κ2) is 6.84. The average Bonchev–Trinajstić information content (AvgIpc) is 2.62. The molecule has 24 heavy (non-hydrogen) atoms. The lowest BCUT2D eigenvalue weighted by molar-refractivity contribution is -0.118. The van der Waals surface area contributed by atoms with Crippen molar-refractivity contribution in [2.75, 3.05) is 12.4 Å². The molecule has 1 amide bonds. The average molecular weight is 324 g/mol. The van der Waals surface area contributed by atoms with Crippen molar-refractivity contribution in [1.82, 2.24) is 5.32 Å². The van der Waals surface area contributed by atoms with Crippen molar-refractivity contribution in [1.29, 1.82) is 0 Å². The van der Waals surface area contributed by atoms with Crippen molar-refractivity contribution >= 4 is 17.6 Å². The van der Waals surface area contributed by atoms with Gasteiger partial charge in [-0.3, -0.25) is 4.79 Å². The summed E-state index contributed by atoms with van der Waals surface area (Å²) in [6, 6.07) is 13.0. The minimum atomic E-state index is -0.421. The Morgan fingerprint density at radius 1 is 1.17 bits per heavy atom. The minimum Gasteiger partial charge on any atom is -0.465 e. The lowest BCUT2D eigenvalue weighted by Gasteiger charge is -2.25. The molecule has 0 aliphatic carbocycles. The van der Waals surface area contributed by atoms with Crippen LogP contribution in [0.15, 0.2) is 42.5 Å². The van der Waals surface area contributed by atoms with E-state index < -0.39 is 5.97 Å². The Morgan fingerprint density at radius 2 is 1.92 bits per heavy atom. The van der Waals surface area contributed by atoms with E-state index in [0.717, 1.165) is 5.56 Å². The molecule has 0 bridgehead atoms. The van der Waals surface area contributed by atoms with Crippen LogP contribution in [0.5, 0.6) is 0 Å². The van der Waals surface area contributed by atoms with Crippen LogP contribution < -0.4 is 10.6 Å². The largest absolute Gasteiger partial charge is 0.465 e. The molecule has 0 saturated carbocycles. The summed E-state index contributed by atoms with van der Waals surface area (Å²) < 4.78 is 4.73. The van der Waals surface area contributed by atoms with Crippen LogP contribution in [-0.4, -0.2) is 25.0 Å². The molecule has 0 saturated heterocycles. The van der Waals surface area contributed by atoms with Crippen LogP contribution in [0.1, 0.15) is 27.0 Å². The summed E-state index contributed by atoms with van der Waals surface area (Å²) in [5, 5.41) is 6.18. The molecule has 5 nitrogen and oxygen atoms in total. The van der Waals surface area contributed by atoms with Crippen LogP contribution in [0.3, 0.4) is 0 Å². The summed E-state index contributed by atoms with van der Waals surface area (Å²) in [6.45, 7) is 2.57. The Morgan fingerprint density at radius 3 is 2.67 bits per heavy atom. The molecule has 1 aliphatic rings. The molecule has 2 aromatic carbocycles. The molecule has 1 atom stereocenters. The van der Waals surface area contributed by atoms with Gasteiger partial charge in [0.25, 0.3) is 0 Å². The summed E-state index contributed by atoms with van der Waals surface area (Å²) in [5.41, 5.74) is 4.36. The fraction of sp³-hybridized carbons (Fsp3) is 0.263. The van der Waals surface area contributed by atoms with E-state index >= 15 is 0 Å². The van der Waals surface area contributed by atoms with Crippen molar-refractivity contribution in [3.63, 3.8) is 0 Å². The number of rotatable bonds is 3. The van der Waals surface area contributed by atoms with Gasteiger partial charge < -0.3 is 15.4 Å². The summed E-state index contributed by atoms with van der Waals surface area (Å²) in [6.07, 6.45) is 0.651. The highest BCUT2D eigenvalue weighted by Gasteiger charge is 2.24. The third-order valence-electron chi connectivity index (χ3n) is 4.31. The Labute approximate surface area is 141 Å². The first kappa shape index (κ1) is 16.2. The molecule has 0 spiro atoms. The smallest absolute Gasteiger partial charge is 0.337 e. The van der Waals surface area contributed by atoms with Crippen LogP contribution in [0, 0.1) is 6.92 Å². The molecule has 0 aromatic heterocycles. The van der Waals surface area contributed by atoms with Crippen molar-refractivity contribution < 1.29 is 14.3 Å². The zero-order valence-corrected chi connectivity index (χ0v) is 13.8. The van der Waals surface area contributed by atoms with Gasteiger partial charge in [-0.1, -0.05) is 30.3 Å². The number of amides is 1. The molecule has 124 valence electrons. The van der Waals surface area contributed by atoms with E-state index in [2.05, 4.69) is 22.8 Å². The number of hydrogen-bond acceptors (Lipinski definition) is 4. The quantitative estimate of drug-likeness (QED) is 0.851. The zero-order valence-electron chi connectivity index (χ0n) is 13.8. The van der Waals surface area contributed by atoms with Crippen LogP contribution in [0.25, 0.3) is 0 Å². The Kier molecular flexibility index (Phi) is 4.62. The van der Waals surface area contributed by atoms with Crippen LogP contribution in [-0.2, 0) is 22.5 Å². The van der Waals surface area contributed by atoms with Gasteiger partial charge in [0.1, 0.15) is 0 Å². The monoisotopic (exact) mass is 324 g/mol. The van der Waals surface area contributed by atoms with E-state index in [1.165, 1.54) is 18.2 Å². The highest BCUT2D eigenvalue weighted by molar-refractivity contribution is 5.98. The molecule has 2 N–H and O–H groups in total. The predicted octanol–water partition coefficient (Wildman–Crippen LogP) is 2.43. The summed E-state index contributed by atoms with van der Waals surface area (Å²) >= 11 is 0. The van der Waals surface area contributed by atoms with E-state index in [4.69, 9.17) is 4.74 Å². The summed E-state index contributed by atoms with van der Waals surface area (Å²) in [4.78, 5) is 24.2. The number of esters is 1. The second-order valence-corrected chi connectivity index (χ2v) is 5.92. The molecule has 1 unspecified atom stereocenters. The maximum atomic E-state index is 12.6. The van der Waals surface area contributed by atoms with Gasteiger partial charge in [-0.25, -0.2) is 4.79 Å². The summed E-state index contributed by atoms with van der Waals surface area (Å²) in [5.74, 6) is -0.523. The second-order valence-electron chi connectivity index (χ2n) is 5.92. The van der Waals surface area contributed by atoms with Crippen molar-refractivity contribution in [3.8, 4) is 0 Å². The topological polar surface area (TPSA) is 67.4 Å². The number of fused-ring (bicyclic) bond motifs is 1. The number of hydrogen-bond donors (Lipinski definition) is 2. The zero-order chi connectivity index (χ0) is 17.1. The van der Waals surface area contributed by atoms with Gasteiger partial charge in [0, 0.05) is 12.2 Å². The van der Waals surface area contributed by atoms with Crippen molar-refractivity contribution in [2.45, 2.75) is 25.9 Å². The number of carbonyl (C=O) groups excluding carboxylic acids is 2. The molecule has 2 aromatic rings. The highest BCUT2D eigenvalue weighted by Crippen LogP contribution is 2.20. The van der Waals surface area contributed by atoms with E-state index in [-0.39, 0.29) is 11.9 Å². The number of methoxy groups -OCH3 is 1. The molecule has 1 heterocycles. The first-order chi connectivity index (χ1) is 11.6.